The number of ether oxygens (including phenoxy) is 2. The van der Waals surface area contributed by atoms with Crippen LogP contribution in [0.1, 0.15) is 43.6 Å². The summed E-state index contributed by atoms with van der Waals surface area (Å²) in [7, 11) is 0. The highest BCUT2D eigenvalue weighted by Gasteiger charge is 2.32. The van der Waals surface area contributed by atoms with Crippen LogP contribution in [0.3, 0.4) is 0 Å². The monoisotopic (exact) mass is 290 g/mol. The molecule has 1 aromatic rings. The predicted octanol–water partition coefficient (Wildman–Crippen LogP) is 1.31. The molecule has 0 saturated carbocycles. The van der Waals surface area contributed by atoms with Gasteiger partial charge in [-0.3, -0.25) is 0 Å². The fourth-order valence-corrected chi connectivity index (χ4v) is 1.76. The third kappa shape index (κ3) is 2.66. The molecule has 0 radical (unpaired) electrons. The minimum Gasteiger partial charge on any atom is -0.478 e. The summed E-state index contributed by atoms with van der Waals surface area (Å²) in [6.07, 6.45) is 0. The van der Waals surface area contributed by atoms with Gasteiger partial charge in [-0.25, -0.2) is 19.2 Å². The molecule has 0 unspecified atom stereocenters. The maximum Gasteiger partial charge on any atom is 0.346 e. The van der Waals surface area contributed by atoms with Gasteiger partial charge in [0.2, 0.25) is 0 Å². The summed E-state index contributed by atoms with van der Waals surface area (Å²) in [5, 5.41) is 9.13. The molecule has 0 aliphatic carbocycles. The van der Waals surface area contributed by atoms with Crippen molar-refractivity contribution in [2.45, 2.75) is 13.5 Å². The Morgan fingerprint density at radius 2 is 1.81 bits per heavy atom. The number of carbonyl (C=O) groups is 4. The van der Waals surface area contributed by atoms with Crippen LogP contribution in [0, 0.1) is 0 Å². The third-order valence-corrected chi connectivity index (χ3v) is 2.81. The van der Waals surface area contributed by atoms with Gasteiger partial charge < -0.3 is 14.6 Å². The zero-order valence-electron chi connectivity index (χ0n) is 11.0. The maximum atomic E-state index is 11.4. The normalized spacial score (nSPS) is 12.6. The van der Waals surface area contributed by atoms with Gasteiger partial charge in [-0.05, 0) is 19.1 Å². The molecule has 1 heterocycles. The summed E-state index contributed by atoms with van der Waals surface area (Å²) >= 11 is 0. The van der Waals surface area contributed by atoms with Gasteiger partial charge in [0.25, 0.3) is 0 Å². The quantitative estimate of drug-likeness (QED) is 0.506. The second-order valence-electron chi connectivity index (χ2n) is 4.39. The van der Waals surface area contributed by atoms with Gasteiger partial charge in [0.1, 0.15) is 6.61 Å². The van der Waals surface area contributed by atoms with Crippen molar-refractivity contribution < 1.29 is 33.8 Å². The molecule has 0 saturated heterocycles. The average molecular weight is 290 g/mol. The predicted molar refractivity (Wildman–Crippen MR) is 67.8 cm³/mol. The summed E-state index contributed by atoms with van der Waals surface area (Å²) < 4.78 is 9.26. The summed E-state index contributed by atoms with van der Waals surface area (Å²) in [6, 6.07) is 2.21. The van der Waals surface area contributed by atoms with E-state index in [-0.39, 0.29) is 34.4 Å². The van der Waals surface area contributed by atoms with Crippen LogP contribution in [-0.2, 0) is 20.9 Å². The van der Waals surface area contributed by atoms with Gasteiger partial charge in [0, 0.05) is 11.1 Å². The van der Waals surface area contributed by atoms with E-state index in [1.54, 1.807) is 0 Å². The first-order valence-electron chi connectivity index (χ1n) is 5.80. The lowest BCUT2D eigenvalue weighted by molar-refractivity contribution is -0.140. The minimum absolute atomic E-state index is 0.0497. The number of hydrogen-bond acceptors (Lipinski definition) is 6. The molecule has 1 N–H and O–H groups in total. The van der Waals surface area contributed by atoms with E-state index in [0.29, 0.717) is 0 Å². The zero-order chi connectivity index (χ0) is 15.7. The van der Waals surface area contributed by atoms with E-state index in [0.717, 1.165) is 6.07 Å². The molecule has 1 aliphatic rings. The first kappa shape index (κ1) is 14.4. The lowest BCUT2D eigenvalue weighted by atomic mass is 10.00. The van der Waals surface area contributed by atoms with Crippen LogP contribution in [-0.4, -0.2) is 29.0 Å². The van der Waals surface area contributed by atoms with E-state index in [2.05, 4.69) is 11.3 Å². The van der Waals surface area contributed by atoms with Gasteiger partial charge in [0.15, 0.2) is 0 Å². The van der Waals surface area contributed by atoms with E-state index in [1.165, 1.54) is 13.0 Å². The maximum absolute atomic E-state index is 11.4. The molecule has 0 bridgehead atoms. The van der Waals surface area contributed by atoms with Crippen LogP contribution < -0.4 is 0 Å². The Hall–Kier alpha value is -2.96. The number of carboxylic acids is 1. The van der Waals surface area contributed by atoms with Crippen molar-refractivity contribution in [1.82, 2.24) is 0 Å². The van der Waals surface area contributed by atoms with Crippen molar-refractivity contribution in [3.8, 4) is 0 Å². The topological polar surface area (TPSA) is 107 Å². The van der Waals surface area contributed by atoms with Crippen molar-refractivity contribution in [3.63, 3.8) is 0 Å². The first-order valence-corrected chi connectivity index (χ1v) is 5.80. The van der Waals surface area contributed by atoms with E-state index in [9.17, 15) is 19.2 Å². The third-order valence-electron chi connectivity index (χ3n) is 2.81. The number of carbonyl (C=O) groups excluding carboxylic acids is 3. The largest absolute Gasteiger partial charge is 0.478 e. The second-order valence-corrected chi connectivity index (χ2v) is 4.39. The van der Waals surface area contributed by atoms with Crippen LogP contribution in [0.4, 0.5) is 0 Å². The summed E-state index contributed by atoms with van der Waals surface area (Å²) in [5.74, 6) is -3.76. The van der Waals surface area contributed by atoms with E-state index in [4.69, 9.17) is 9.84 Å². The Morgan fingerprint density at radius 1 is 1.24 bits per heavy atom. The van der Waals surface area contributed by atoms with Crippen LogP contribution in [0.25, 0.3) is 0 Å². The van der Waals surface area contributed by atoms with Gasteiger partial charge in [-0.15, -0.1) is 0 Å². The van der Waals surface area contributed by atoms with Gasteiger partial charge >= 0.3 is 23.9 Å². The van der Waals surface area contributed by atoms with Crippen LogP contribution in [0.2, 0.25) is 0 Å². The lowest BCUT2D eigenvalue weighted by Crippen LogP contribution is -2.10. The number of carboxylic acid groups (broad SMARTS) is 1. The summed E-state index contributed by atoms with van der Waals surface area (Å²) in [4.78, 5) is 45.4. The van der Waals surface area contributed by atoms with Gasteiger partial charge in [-0.1, -0.05) is 6.58 Å². The highest BCUT2D eigenvalue weighted by Crippen LogP contribution is 2.25. The first-order chi connectivity index (χ1) is 9.81. The van der Waals surface area contributed by atoms with Crippen molar-refractivity contribution in [1.29, 1.82) is 0 Å². The molecule has 1 aliphatic heterocycles. The molecule has 2 rings (SSSR count). The summed E-state index contributed by atoms with van der Waals surface area (Å²) in [6.45, 7) is 4.48. The fourth-order valence-electron chi connectivity index (χ4n) is 1.76. The number of rotatable bonds is 4. The highest BCUT2D eigenvalue weighted by atomic mass is 16.6. The van der Waals surface area contributed by atoms with E-state index < -0.39 is 23.9 Å². The number of hydrogen-bond donors (Lipinski definition) is 1. The molecular formula is C14H10O7. The number of cyclic esters (lactones) is 2. The molecule has 0 aromatic heterocycles. The Kier molecular flexibility index (Phi) is 3.58. The minimum atomic E-state index is -1.31. The number of fused-ring (bicyclic) bond motifs is 1. The fraction of sp³-hybridized carbons (Fsp3) is 0.143. The van der Waals surface area contributed by atoms with Crippen molar-refractivity contribution >= 4 is 23.9 Å². The van der Waals surface area contributed by atoms with Crippen LogP contribution >= 0.6 is 0 Å². The van der Waals surface area contributed by atoms with Crippen molar-refractivity contribution in [2.75, 3.05) is 0 Å². The van der Waals surface area contributed by atoms with Gasteiger partial charge in [0.05, 0.1) is 16.7 Å². The number of esters is 3. The Balaban J connectivity index is 2.41. The smallest absolute Gasteiger partial charge is 0.346 e. The Labute approximate surface area is 118 Å². The lowest BCUT2D eigenvalue weighted by Gasteiger charge is -2.08. The average Bonchev–Trinajstić information content (AvgIpc) is 2.69. The van der Waals surface area contributed by atoms with Crippen LogP contribution in [0.5, 0.6) is 0 Å². The second kappa shape index (κ2) is 5.20. The van der Waals surface area contributed by atoms with Crippen molar-refractivity contribution in [2.24, 2.45) is 0 Å². The molecule has 108 valence electrons. The Bertz CT molecular complexity index is 700. The number of aromatic carboxylic acids is 1. The molecule has 7 heteroatoms. The van der Waals surface area contributed by atoms with Crippen molar-refractivity contribution in [3.05, 3.63) is 46.5 Å². The standard InChI is InChI=1S/C14H10O7/c1-6(2)12(17)20-5-7-3-9-10(4-8(7)11(15)16)14(19)21-13(9)18/h3-4H,1,5H2,2H3,(H,15,16). The molecule has 0 fully saturated rings. The molecule has 0 atom stereocenters. The van der Waals surface area contributed by atoms with E-state index in [1.807, 2.05) is 0 Å². The molecular weight excluding hydrogens is 280 g/mol. The molecule has 1 aromatic carbocycles. The highest BCUT2D eigenvalue weighted by molar-refractivity contribution is 6.15. The summed E-state index contributed by atoms with van der Waals surface area (Å²) in [5.41, 5.74) is -0.168. The molecule has 0 spiro atoms. The van der Waals surface area contributed by atoms with E-state index >= 15 is 0 Å². The number of benzene rings is 1. The molecule has 7 nitrogen and oxygen atoms in total. The zero-order valence-corrected chi connectivity index (χ0v) is 11.0. The molecule has 21 heavy (non-hydrogen) atoms. The SMILES string of the molecule is C=C(C)C(=O)OCc1cc2c(cc1C(=O)O)C(=O)OC2=O. The van der Waals surface area contributed by atoms with Gasteiger partial charge in [-0.2, -0.15) is 0 Å². The van der Waals surface area contributed by atoms with Crippen LogP contribution in [0.15, 0.2) is 24.3 Å². The Morgan fingerprint density at radius 3 is 2.33 bits per heavy atom. The molecule has 0 amide bonds.